The number of carbonyl (C=O) groups excluding carboxylic acids is 1. The normalized spacial score (nSPS) is 15.0. The van der Waals surface area contributed by atoms with Gasteiger partial charge in [-0.2, -0.15) is 0 Å². The third-order valence-electron chi connectivity index (χ3n) is 10.1. The molecule has 0 radical (unpaired) electrons. The van der Waals surface area contributed by atoms with E-state index in [1.165, 1.54) is 89.9 Å². The van der Waals surface area contributed by atoms with E-state index in [-0.39, 0.29) is 19.1 Å². The molecular formula is C51H92N2O6P+. The first-order valence-corrected chi connectivity index (χ1v) is 25.5. The van der Waals surface area contributed by atoms with Gasteiger partial charge in [-0.15, -0.1) is 0 Å². The lowest BCUT2D eigenvalue weighted by atomic mass is 10.0. The van der Waals surface area contributed by atoms with Crippen molar-refractivity contribution < 1.29 is 32.9 Å². The van der Waals surface area contributed by atoms with Gasteiger partial charge in [0.05, 0.1) is 39.9 Å². The molecule has 0 fully saturated rings. The topological polar surface area (TPSA) is 105 Å². The number of amides is 1. The lowest BCUT2D eigenvalue weighted by Gasteiger charge is -2.25. The Hall–Kier alpha value is -2.32. The number of hydrogen-bond donors (Lipinski definition) is 3. The van der Waals surface area contributed by atoms with Gasteiger partial charge in [0.2, 0.25) is 5.91 Å². The second-order valence-corrected chi connectivity index (χ2v) is 18.5. The zero-order chi connectivity index (χ0) is 44.3. The monoisotopic (exact) mass is 860 g/mol. The van der Waals surface area contributed by atoms with Gasteiger partial charge in [0.25, 0.3) is 0 Å². The van der Waals surface area contributed by atoms with Crippen LogP contribution in [0.15, 0.2) is 85.1 Å². The molecule has 3 atom stereocenters. The Morgan fingerprint density at radius 1 is 0.583 bits per heavy atom. The van der Waals surface area contributed by atoms with Crippen molar-refractivity contribution in [3.8, 4) is 0 Å². The van der Waals surface area contributed by atoms with Crippen LogP contribution < -0.4 is 5.32 Å². The van der Waals surface area contributed by atoms with E-state index in [2.05, 4.69) is 92.1 Å². The van der Waals surface area contributed by atoms with Crippen molar-refractivity contribution >= 4 is 13.7 Å². The molecule has 0 rings (SSSR count). The molecule has 9 heteroatoms. The minimum absolute atomic E-state index is 0.0516. The van der Waals surface area contributed by atoms with Crippen LogP contribution in [0.1, 0.15) is 181 Å². The second kappa shape index (κ2) is 42.0. The molecule has 0 aliphatic carbocycles. The number of phosphoric ester groups is 1. The van der Waals surface area contributed by atoms with Crippen LogP contribution in [0.2, 0.25) is 0 Å². The molecule has 0 saturated carbocycles. The first-order chi connectivity index (χ1) is 29.0. The van der Waals surface area contributed by atoms with Gasteiger partial charge in [-0.25, -0.2) is 4.57 Å². The molecule has 3 unspecified atom stereocenters. The number of quaternary nitrogens is 1. The van der Waals surface area contributed by atoms with Crippen LogP contribution in [0.25, 0.3) is 0 Å². The van der Waals surface area contributed by atoms with Gasteiger partial charge in [0, 0.05) is 6.42 Å². The number of allylic oxidation sites excluding steroid dienone is 13. The van der Waals surface area contributed by atoms with Crippen LogP contribution in [-0.4, -0.2) is 73.4 Å². The smallest absolute Gasteiger partial charge is 0.387 e. The van der Waals surface area contributed by atoms with E-state index in [1.54, 1.807) is 6.08 Å². The summed E-state index contributed by atoms with van der Waals surface area (Å²) in [6.07, 6.45) is 58.1. The molecule has 3 N–H and O–H groups in total. The van der Waals surface area contributed by atoms with Crippen molar-refractivity contribution in [3.63, 3.8) is 0 Å². The van der Waals surface area contributed by atoms with Crippen LogP contribution in [0.3, 0.4) is 0 Å². The largest absolute Gasteiger partial charge is 0.472 e. The molecule has 0 aliphatic heterocycles. The van der Waals surface area contributed by atoms with Crippen LogP contribution in [-0.2, 0) is 18.4 Å². The Morgan fingerprint density at radius 3 is 1.53 bits per heavy atom. The van der Waals surface area contributed by atoms with Crippen LogP contribution in [0.5, 0.6) is 0 Å². The van der Waals surface area contributed by atoms with E-state index in [9.17, 15) is 19.4 Å². The maximum absolute atomic E-state index is 12.9. The number of aliphatic hydroxyl groups is 1. The first-order valence-electron chi connectivity index (χ1n) is 24.0. The molecule has 60 heavy (non-hydrogen) atoms. The fourth-order valence-electron chi connectivity index (χ4n) is 6.32. The predicted octanol–water partition coefficient (Wildman–Crippen LogP) is 13.7. The van der Waals surface area contributed by atoms with Gasteiger partial charge >= 0.3 is 7.82 Å². The zero-order valence-electron chi connectivity index (χ0n) is 39.2. The van der Waals surface area contributed by atoms with Crippen molar-refractivity contribution in [2.45, 2.75) is 193 Å². The molecule has 0 aromatic rings. The molecule has 0 aliphatic rings. The predicted molar refractivity (Wildman–Crippen MR) is 258 cm³/mol. The second-order valence-electron chi connectivity index (χ2n) is 17.1. The van der Waals surface area contributed by atoms with Gasteiger partial charge in [-0.1, -0.05) is 182 Å². The summed E-state index contributed by atoms with van der Waals surface area (Å²) < 4.78 is 23.5. The number of likely N-dealkylation sites (N-methyl/N-ethyl adjacent to an activating group) is 1. The Bertz CT molecular complexity index is 1250. The number of carbonyl (C=O) groups is 1. The van der Waals surface area contributed by atoms with E-state index >= 15 is 0 Å². The third kappa shape index (κ3) is 43.8. The summed E-state index contributed by atoms with van der Waals surface area (Å²) in [6.45, 7) is 4.63. The van der Waals surface area contributed by atoms with Crippen LogP contribution in [0, 0.1) is 0 Å². The Kier molecular flexibility index (Phi) is 40.4. The summed E-state index contributed by atoms with van der Waals surface area (Å²) in [5.41, 5.74) is 0. The molecule has 0 heterocycles. The fraction of sp³-hybridized carbons (Fsp3) is 0.706. The molecular weight excluding hydrogens is 768 g/mol. The summed E-state index contributed by atoms with van der Waals surface area (Å²) in [7, 11) is 1.54. The van der Waals surface area contributed by atoms with Crippen molar-refractivity contribution in [2.24, 2.45) is 0 Å². The molecule has 0 spiro atoms. The van der Waals surface area contributed by atoms with E-state index < -0.39 is 20.0 Å². The number of unbranched alkanes of at least 4 members (excludes halogenated alkanes) is 17. The maximum atomic E-state index is 12.9. The molecule has 0 aromatic heterocycles. The lowest BCUT2D eigenvalue weighted by Crippen LogP contribution is -2.45. The number of hydrogen-bond acceptors (Lipinski definition) is 5. The summed E-state index contributed by atoms with van der Waals surface area (Å²) in [6, 6.07) is -0.868. The number of nitrogens with zero attached hydrogens (tertiary/aromatic N) is 1. The standard InChI is InChI=1S/C51H91N2O6P/c1-6-8-10-12-14-16-18-19-20-21-22-23-24-25-26-27-28-29-30-31-32-33-35-37-39-41-43-45-51(55)52-49(48-59-60(56,57)58-47-46-53(3,4)5)50(54)44-42-40-38-36-34-17-15-13-11-9-7-2/h8,10,14,16,19-20,22-23,25-26,34,36,42,44,49-50,54H,6-7,9,11-13,15,17-18,21,24,27-33,35,37-41,43,45-48H2,1-5H3,(H-,52,55,56,57)/p+1/b10-8-,16-14-,20-19-,23-22-,26-25-,36-34+,44-42+. The van der Waals surface area contributed by atoms with Gasteiger partial charge in [-0.05, 0) is 77.0 Å². The number of nitrogens with one attached hydrogen (secondary N) is 1. The molecule has 346 valence electrons. The average Bonchev–Trinajstić information content (AvgIpc) is 3.20. The summed E-state index contributed by atoms with van der Waals surface area (Å²) in [5, 5.41) is 13.8. The van der Waals surface area contributed by atoms with Gasteiger partial charge in [0.1, 0.15) is 13.2 Å². The van der Waals surface area contributed by atoms with E-state index in [0.29, 0.717) is 17.4 Å². The highest BCUT2D eigenvalue weighted by Crippen LogP contribution is 2.43. The highest BCUT2D eigenvalue weighted by Gasteiger charge is 2.27. The van der Waals surface area contributed by atoms with Crippen molar-refractivity contribution in [2.75, 3.05) is 40.9 Å². The number of rotatable bonds is 42. The maximum Gasteiger partial charge on any atom is 0.472 e. The van der Waals surface area contributed by atoms with Crippen molar-refractivity contribution in [1.29, 1.82) is 0 Å². The quantitative estimate of drug-likeness (QED) is 0.0244. The first kappa shape index (κ1) is 57.7. The molecule has 1 amide bonds. The molecule has 0 bridgehead atoms. The zero-order valence-corrected chi connectivity index (χ0v) is 40.1. The fourth-order valence-corrected chi connectivity index (χ4v) is 7.05. The Morgan fingerprint density at radius 2 is 1.02 bits per heavy atom. The van der Waals surface area contributed by atoms with Crippen molar-refractivity contribution in [3.05, 3.63) is 85.1 Å². The van der Waals surface area contributed by atoms with Gasteiger partial charge in [0.15, 0.2) is 0 Å². The molecule has 8 nitrogen and oxygen atoms in total. The van der Waals surface area contributed by atoms with Crippen LogP contribution >= 0.6 is 7.82 Å². The highest BCUT2D eigenvalue weighted by atomic mass is 31.2. The van der Waals surface area contributed by atoms with Crippen molar-refractivity contribution in [1.82, 2.24) is 5.32 Å². The van der Waals surface area contributed by atoms with Gasteiger partial charge < -0.3 is 19.8 Å². The molecule has 0 saturated heterocycles. The average molecular weight is 860 g/mol. The van der Waals surface area contributed by atoms with Crippen LogP contribution in [0.4, 0.5) is 0 Å². The van der Waals surface area contributed by atoms with E-state index in [4.69, 9.17) is 9.05 Å². The van der Waals surface area contributed by atoms with E-state index in [1.807, 2.05) is 27.2 Å². The lowest BCUT2D eigenvalue weighted by molar-refractivity contribution is -0.870. The van der Waals surface area contributed by atoms with E-state index in [0.717, 1.165) is 70.6 Å². The highest BCUT2D eigenvalue weighted by molar-refractivity contribution is 7.47. The van der Waals surface area contributed by atoms with Gasteiger partial charge in [-0.3, -0.25) is 13.8 Å². The minimum atomic E-state index is -4.35. The summed E-state index contributed by atoms with van der Waals surface area (Å²) in [4.78, 5) is 23.1. The number of aliphatic hydroxyl groups excluding tert-OH is 1. The Labute approximate surface area is 369 Å². The third-order valence-corrected chi connectivity index (χ3v) is 11.1. The Balaban J connectivity index is 4.24. The number of phosphoric acid groups is 1. The minimum Gasteiger partial charge on any atom is -0.387 e. The summed E-state index contributed by atoms with van der Waals surface area (Å²) in [5.74, 6) is -0.196. The SMILES string of the molecule is CC/C=C\C/C=C\C/C=C\C/C=C\C/C=C\CCCCCCCCCCCCCC(=O)NC(COP(=O)(O)OCC[N+](C)(C)C)C(O)/C=C/CC/C=C/CCCCCCC. The molecule has 0 aromatic carbocycles. The summed E-state index contributed by atoms with van der Waals surface area (Å²) >= 11 is 0.